The highest BCUT2D eigenvalue weighted by molar-refractivity contribution is 8.01. The van der Waals surface area contributed by atoms with Gasteiger partial charge in [0.05, 0.1) is 16.3 Å². The molecule has 2 aliphatic rings. The maximum Gasteiger partial charge on any atom is 0.261 e. The number of thioether (sulfide) groups is 1. The minimum atomic E-state index is -3.89. The fraction of sp³-hybridized carbons (Fsp3) is 0.364. The monoisotopic (exact) mass is 493 g/mol. The first-order chi connectivity index (χ1) is 15.2. The molecule has 10 heteroatoms. The Balaban J connectivity index is 1.53. The molecule has 2 aromatic rings. The number of nitrogens with zero attached hydrogens (tertiary/aromatic N) is 1. The van der Waals surface area contributed by atoms with E-state index in [2.05, 4.69) is 10.0 Å². The number of benzene rings is 2. The van der Waals surface area contributed by atoms with Gasteiger partial charge in [-0.1, -0.05) is 30.5 Å². The van der Waals surface area contributed by atoms with Crippen molar-refractivity contribution in [1.29, 1.82) is 0 Å². The molecular formula is C22H24ClN3O4S2. The molecule has 0 bridgehead atoms. The first-order valence-corrected chi connectivity index (χ1v) is 13.2. The third kappa shape index (κ3) is 4.89. The number of rotatable bonds is 4. The van der Waals surface area contributed by atoms with E-state index in [9.17, 15) is 18.0 Å². The average Bonchev–Trinajstić information content (AvgIpc) is 3.04. The predicted molar refractivity (Wildman–Crippen MR) is 127 cm³/mol. The molecule has 7 nitrogen and oxygen atoms in total. The Morgan fingerprint density at radius 2 is 1.84 bits per heavy atom. The van der Waals surface area contributed by atoms with Crippen LogP contribution in [0.4, 0.5) is 11.4 Å². The van der Waals surface area contributed by atoms with E-state index in [0.29, 0.717) is 34.4 Å². The zero-order chi connectivity index (χ0) is 22.9. The van der Waals surface area contributed by atoms with E-state index in [0.717, 1.165) is 43.0 Å². The Bertz CT molecular complexity index is 1160. The van der Waals surface area contributed by atoms with Gasteiger partial charge in [0.1, 0.15) is 0 Å². The molecule has 2 aliphatic heterocycles. The number of hydrogen-bond acceptors (Lipinski definition) is 5. The topological polar surface area (TPSA) is 95.6 Å². The minimum Gasteiger partial charge on any atom is -0.341 e. The molecule has 0 aliphatic carbocycles. The maximum absolute atomic E-state index is 12.9. The Kier molecular flexibility index (Phi) is 6.69. The van der Waals surface area contributed by atoms with Crippen LogP contribution in [-0.4, -0.2) is 43.5 Å². The second-order valence-electron chi connectivity index (χ2n) is 7.95. The molecule has 1 saturated heterocycles. The van der Waals surface area contributed by atoms with Gasteiger partial charge in [0.2, 0.25) is 11.8 Å². The zero-order valence-corrected chi connectivity index (χ0v) is 19.9. The van der Waals surface area contributed by atoms with Gasteiger partial charge in [-0.3, -0.25) is 14.3 Å². The van der Waals surface area contributed by atoms with E-state index in [4.69, 9.17) is 11.6 Å². The summed E-state index contributed by atoms with van der Waals surface area (Å²) in [7, 11) is -3.89. The van der Waals surface area contributed by atoms with Gasteiger partial charge in [0, 0.05) is 23.0 Å². The van der Waals surface area contributed by atoms with Crippen LogP contribution in [0.15, 0.2) is 46.2 Å². The van der Waals surface area contributed by atoms with Crippen molar-refractivity contribution in [1.82, 2.24) is 4.90 Å². The van der Waals surface area contributed by atoms with E-state index in [1.165, 1.54) is 12.1 Å². The molecule has 2 aromatic carbocycles. The summed E-state index contributed by atoms with van der Waals surface area (Å²) in [4.78, 5) is 28.1. The molecule has 0 aromatic heterocycles. The Hall–Kier alpha value is -2.23. The molecule has 0 spiro atoms. The van der Waals surface area contributed by atoms with Crippen LogP contribution in [0.3, 0.4) is 0 Å². The molecule has 2 heterocycles. The summed E-state index contributed by atoms with van der Waals surface area (Å²) in [6, 6.07) is 9.40. The van der Waals surface area contributed by atoms with E-state index in [-0.39, 0.29) is 10.8 Å². The molecule has 1 fully saturated rings. The minimum absolute atomic E-state index is 0.00569. The van der Waals surface area contributed by atoms with Crippen LogP contribution in [-0.2, 0) is 19.6 Å². The van der Waals surface area contributed by atoms with Crippen LogP contribution >= 0.6 is 23.4 Å². The molecule has 32 heavy (non-hydrogen) atoms. The van der Waals surface area contributed by atoms with Crippen LogP contribution in [0.2, 0.25) is 5.02 Å². The van der Waals surface area contributed by atoms with Gasteiger partial charge in [0.15, 0.2) is 5.25 Å². The van der Waals surface area contributed by atoms with Gasteiger partial charge in [0.25, 0.3) is 10.0 Å². The lowest BCUT2D eigenvalue weighted by molar-refractivity contribution is -0.133. The summed E-state index contributed by atoms with van der Waals surface area (Å²) >= 11 is 7.25. The fourth-order valence-corrected chi connectivity index (χ4v) is 6.05. The Morgan fingerprint density at radius 1 is 1.12 bits per heavy atom. The lowest BCUT2D eigenvalue weighted by Crippen LogP contribution is -2.45. The zero-order valence-electron chi connectivity index (χ0n) is 17.6. The number of halogens is 1. The Morgan fingerprint density at radius 3 is 2.53 bits per heavy atom. The van der Waals surface area contributed by atoms with Crippen molar-refractivity contribution in [3.05, 3.63) is 47.0 Å². The summed E-state index contributed by atoms with van der Waals surface area (Å²) < 4.78 is 28.2. The average molecular weight is 494 g/mol. The van der Waals surface area contributed by atoms with E-state index >= 15 is 0 Å². The number of aryl methyl sites for hydroxylation is 1. The molecule has 4 rings (SSSR count). The molecule has 1 unspecified atom stereocenters. The number of fused-ring (bicyclic) bond motifs is 1. The summed E-state index contributed by atoms with van der Waals surface area (Å²) in [6.45, 7) is 3.17. The molecule has 0 radical (unpaired) electrons. The number of likely N-dealkylation sites (tertiary alicyclic amines) is 1. The SMILES string of the molecule is Cc1ccc(NS(=O)(=O)c2ccc3c(c2)NC(=O)C(C(=O)N2CCCCCC2)S3)cc1Cl. The third-order valence-corrected chi connectivity index (χ3v) is 8.62. The van der Waals surface area contributed by atoms with Crippen LogP contribution in [0.1, 0.15) is 31.2 Å². The maximum atomic E-state index is 12.9. The van der Waals surface area contributed by atoms with Crippen molar-refractivity contribution in [3.63, 3.8) is 0 Å². The van der Waals surface area contributed by atoms with E-state index in [1.807, 2.05) is 6.92 Å². The largest absolute Gasteiger partial charge is 0.341 e. The van der Waals surface area contributed by atoms with Crippen LogP contribution in [0.5, 0.6) is 0 Å². The smallest absolute Gasteiger partial charge is 0.261 e. The standard InChI is InChI=1S/C22H24ClN3O4S2/c1-14-6-7-15(12-17(14)23)25-32(29,30)16-8-9-19-18(13-16)24-21(27)20(31-19)22(28)26-10-4-2-3-5-11-26/h6-9,12-13,20,25H,2-5,10-11H2,1H3,(H,24,27). The molecule has 2 amide bonds. The lowest BCUT2D eigenvalue weighted by Gasteiger charge is -2.28. The van der Waals surface area contributed by atoms with Gasteiger partial charge in [-0.15, -0.1) is 11.8 Å². The highest BCUT2D eigenvalue weighted by Crippen LogP contribution is 2.38. The van der Waals surface area contributed by atoms with Crippen molar-refractivity contribution in [3.8, 4) is 0 Å². The van der Waals surface area contributed by atoms with Gasteiger partial charge < -0.3 is 10.2 Å². The highest BCUT2D eigenvalue weighted by Gasteiger charge is 2.36. The second kappa shape index (κ2) is 9.33. The van der Waals surface area contributed by atoms with Crippen molar-refractivity contribution >= 4 is 56.6 Å². The fourth-order valence-electron chi connectivity index (χ4n) is 3.75. The molecule has 170 valence electrons. The molecule has 1 atom stereocenters. The van der Waals surface area contributed by atoms with Crippen molar-refractivity contribution < 1.29 is 18.0 Å². The number of anilines is 2. The van der Waals surface area contributed by atoms with E-state index < -0.39 is 21.2 Å². The number of hydrogen-bond donors (Lipinski definition) is 2. The summed E-state index contributed by atoms with van der Waals surface area (Å²) in [6.07, 6.45) is 4.08. The predicted octanol–water partition coefficient (Wildman–Crippen LogP) is 4.26. The van der Waals surface area contributed by atoms with Gasteiger partial charge >= 0.3 is 0 Å². The van der Waals surface area contributed by atoms with Gasteiger partial charge in [-0.25, -0.2) is 8.42 Å². The summed E-state index contributed by atoms with van der Waals surface area (Å²) in [5, 5.41) is 2.31. The van der Waals surface area contributed by atoms with Crippen molar-refractivity contribution in [2.45, 2.75) is 47.6 Å². The summed E-state index contributed by atoms with van der Waals surface area (Å²) in [5.74, 6) is -0.612. The number of carbonyl (C=O) groups excluding carboxylic acids is 2. The molecular weight excluding hydrogens is 470 g/mol. The number of sulfonamides is 1. The number of nitrogens with one attached hydrogen (secondary N) is 2. The third-order valence-electron chi connectivity index (χ3n) is 5.57. The molecule has 2 N–H and O–H groups in total. The first kappa shape index (κ1) is 22.9. The van der Waals surface area contributed by atoms with Gasteiger partial charge in [-0.2, -0.15) is 0 Å². The van der Waals surface area contributed by atoms with Crippen LogP contribution in [0.25, 0.3) is 0 Å². The molecule has 0 saturated carbocycles. The Labute approximate surface area is 196 Å². The number of amides is 2. The lowest BCUT2D eigenvalue weighted by atomic mass is 10.2. The highest BCUT2D eigenvalue weighted by atomic mass is 35.5. The van der Waals surface area contributed by atoms with Gasteiger partial charge in [-0.05, 0) is 55.7 Å². The second-order valence-corrected chi connectivity index (χ2v) is 11.2. The van der Waals surface area contributed by atoms with Crippen molar-refractivity contribution in [2.75, 3.05) is 23.1 Å². The first-order valence-electron chi connectivity index (χ1n) is 10.4. The normalized spacial score (nSPS) is 19.0. The number of carbonyl (C=O) groups is 2. The quantitative estimate of drug-likeness (QED) is 0.620. The van der Waals surface area contributed by atoms with E-state index in [1.54, 1.807) is 29.2 Å². The summed E-state index contributed by atoms with van der Waals surface area (Å²) in [5.41, 5.74) is 1.57. The van der Waals surface area contributed by atoms with Crippen molar-refractivity contribution in [2.24, 2.45) is 0 Å². The van der Waals surface area contributed by atoms with Crippen LogP contribution in [0, 0.1) is 6.92 Å². The van der Waals surface area contributed by atoms with Crippen LogP contribution < -0.4 is 10.0 Å².